The fourth-order valence-corrected chi connectivity index (χ4v) is 3.86. The number of rotatable bonds is 4. The summed E-state index contributed by atoms with van der Waals surface area (Å²) in [6, 6.07) is 17.1. The van der Waals surface area contributed by atoms with Gasteiger partial charge in [0.05, 0.1) is 5.39 Å². The number of fused-ring (bicyclic) bond motifs is 2. The van der Waals surface area contributed by atoms with Gasteiger partial charge in [-0.05, 0) is 75.1 Å². The Hall–Kier alpha value is -3.78. The fraction of sp³-hybridized carbons (Fsp3) is 0.200. The van der Waals surface area contributed by atoms with Crippen molar-refractivity contribution in [3.63, 3.8) is 0 Å². The quantitative estimate of drug-likeness (QED) is 0.441. The number of hydrogen-bond acceptors (Lipinski definition) is 6. The third-order valence-corrected chi connectivity index (χ3v) is 5.40. The van der Waals surface area contributed by atoms with E-state index in [9.17, 15) is 4.79 Å². The van der Waals surface area contributed by atoms with Crippen molar-refractivity contribution in [2.24, 2.45) is 0 Å². The number of aryl methyl sites for hydroxylation is 4. The minimum atomic E-state index is -0.750. The largest absolute Gasteiger partial charge is 0.461 e. The van der Waals surface area contributed by atoms with E-state index in [1.165, 1.54) is 5.56 Å². The second-order valence-corrected chi connectivity index (χ2v) is 7.97. The van der Waals surface area contributed by atoms with Crippen molar-refractivity contribution in [1.82, 2.24) is 4.98 Å². The standard InChI is InChI=1S/C25H22N2O3.O2S/c1-15-6-9-19(10-7-15)30-23-14-18(13-22-20(23)12-16(2)29-22)25(28)27-24-11-8-17-4-3-5-21(17)26-24;1-3-2/h6-14H,3-5H2,1-2H3,(H,26,27,28);. The van der Waals surface area contributed by atoms with E-state index in [1.54, 1.807) is 12.1 Å². The molecule has 2 heterocycles. The normalized spacial score (nSPS) is 11.9. The van der Waals surface area contributed by atoms with E-state index >= 15 is 0 Å². The second-order valence-electron chi connectivity index (χ2n) is 7.84. The Morgan fingerprint density at radius 3 is 2.55 bits per heavy atom. The molecule has 168 valence electrons. The smallest absolute Gasteiger partial charge is 0.335 e. The SMILES string of the molecule is Cc1ccc(Oc2cc(C(=O)Nc3ccc4c(n3)CCC4)cc3oc(C)cc23)cc1.O=S=O. The van der Waals surface area contributed by atoms with Gasteiger partial charge in [0.15, 0.2) is 0 Å². The molecule has 1 amide bonds. The van der Waals surface area contributed by atoms with E-state index in [4.69, 9.17) is 17.6 Å². The van der Waals surface area contributed by atoms with Crippen LogP contribution in [0.4, 0.5) is 5.82 Å². The molecule has 2 aromatic heterocycles. The van der Waals surface area contributed by atoms with Gasteiger partial charge in [0.25, 0.3) is 5.91 Å². The van der Waals surface area contributed by atoms with E-state index in [0.717, 1.165) is 41.7 Å². The number of anilines is 1. The number of aromatic nitrogens is 1. The lowest BCUT2D eigenvalue weighted by molar-refractivity contribution is 0.102. The van der Waals surface area contributed by atoms with Crippen LogP contribution in [-0.4, -0.2) is 19.3 Å². The Balaban J connectivity index is 0.000000821. The van der Waals surface area contributed by atoms with Crippen LogP contribution in [-0.2, 0) is 24.4 Å². The summed E-state index contributed by atoms with van der Waals surface area (Å²) < 4.78 is 28.5. The molecular formula is C25H22N2O5S. The molecule has 1 N–H and O–H groups in total. The molecule has 1 aliphatic carbocycles. The Labute approximate surface area is 194 Å². The third-order valence-electron chi connectivity index (χ3n) is 5.40. The molecule has 0 aliphatic heterocycles. The Morgan fingerprint density at radius 2 is 1.79 bits per heavy atom. The molecule has 0 spiro atoms. The van der Waals surface area contributed by atoms with E-state index in [0.29, 0.717) is 28.5 Å². The number of carbonyl (C=O) groups is 1. The summed E-state index contributed by atoms with van der Waals surface area (Å²) in [5, 5.41) is 3.74. The van der Waals surface area contributed by atoms with Crippen LogP contribution in [0.25, 0.3) is 11.0 Å². The first-order valence-electron chi connectivity index (χ1n) is 10.5. The van der Waals surface area contributed by atoms with Gasteiger partial charge in [0.1, 0.15) is 28.7 Å². The molecule has 0 bridgehead atoms. The highest BCUT2D eigenvalue weighted by molar-refractivity contribution is 7.51. The van der Waals surface area contributed by atoms with Crippen molar-refractivity contribution in [1.29, 1.82) is 0 Å². The molecular weight excluding hydrogens is 440 g/mol. The van der Waals surface area contributed by atoms with Crippen LogP contribution in [0.1, 0.15) is 39.4 Å². The maximum Gasteiger partial charge on any atom is 0.335 e. The van der Waals surface area contributed by atoms with Gasteiger partial charge in [-0.3, -0.25) is 4.79 Å². The molecule has 7 nitrogen and oxygen atoms in total. The number of amides is 1. The molecule has 33 heavy (non-hydrogen) atoms. The van der Waals surface area contributed by atoms with Gasteiger partial charge in [-0.2, -0.15) is 8.42 Å². The topological polar surface area (TPSA) is 98.5 Å². The van der Waals surface area contributed by atoms with E-state index in [2.05, 4.69) is 16.4 Å². The number of nitrogens with zero attached hydrogens (tertiary/aromatic N) is 1. The number of pyridine rings is 1. The van der Waals surface area contributed by atoms with Crippen LogP contribution in [0.2, 0.25) is 0 Å². The fourth-order valence-electron chi connectivity index (χ4n) is 3.86. The summed E-state index contributed by atoms with van der Waals surface area (Å²) in [7, 11) is 0. The lowest BCUT2D eigenvalue weighted by Crippen LogP contribution is -2.13. The number of ether oxygens (including phenoxy) is 1. The van der Waals surface area contributed by atoms with Crippen LogP contribution < -0.4 is 10.1 Å². The Morgan fingerprint density at radius 1 is 1.03 bits per heavy atom. The van der Waals surface area contributed by atoms with E-state index < -0.39 is 11.6 Å². The summed E-state index contributed by atoms with van der Waals surface area (Å²) in [6.45, 7) is 3.91. The predicted octanol–water partition coefficient (Wildman–Crippen LogP) is 5.31. The lowest BCUT2D eigenvalue weighted by atomic mass is 10.1. The van der Waals surface area contributed by atoms with Crippen LogP contribution in [0.15, 0.2) is 59.0 Å². The van der Waals surface area contributed by atoms with Gasteiger partial charge in [-0.15, -0.1) is 0 Å². The number of carbonyl (C=O) groups excluding carboxylic acids is 1. The zero-order valence-electron chi connectivity index (χ0n) is 18.2. The predicted molar refractivity (Wildman–Crippen MR) is 125 cm³/mol. The highest BCUT2D eigenvalue weighted by Gasteiger charge is 2.17. The molecule has 0 saturated heterocycles. The summed E-state index contributed by atoms with van der Waals surface area (Å²) in [5.41, 5.74) is 4.58. The van der Waals surface area contributed by atoms with Crippen LogP contribution in [0, 0.1) is 13.8 Å². The van der Waals surface area contributed by atoms with Crippen LogP contribution in [0.3, 0.4) is 0 Å². The summed E-state index contributed by atoms with van der Waals surface area (Å²) >= 11 is -0.750. The van der Waals surface area contributed by atoms with Crippen molar-refractivity contribution in [2.75, 3.05) is 5.32 Å². The van der Waals surface area contributed by atoms with E-state index in [1.807, 2.05) is 50.2 Å². The van der Waals surface area contributed by atoms with Crippen molar-refractivity contribution in [3.05, 3.63) is 82.7 Å². The van der Waals surface area contributed by atoms with Crippen molar-refractivity contribution in [2.45, 2.75) is 33.1 Å². The van der Waals surface area contributed by atoms with Gasteiger partial charge >= 0.3 is 11.6 Å². The van der Waals surface area contributed by atoms with Gasteiger partial charge in [0, 0.05) is 11.3 Å². The maximum absolute atomic E-state index is 13.0. The first kappa shape index (κ1) is 22.4. The zero-order valence-corrected chi connectivity index (χ0v) is 19.0. The van der Waals surface area contributed by atoms with Gasteiger partial charge in [-0.1, -0.05) is 23.8 Å². The van der Waals surface area contributed by atoms with Crippen molar-refractivity contribution in [3.8, 4) is 11.5 Å². The molecule has 1 aliphatic rings. The molecule has 4 aromatic rings. The zero-order chi connectivity index (χ0) is 23.4. The molecule has 0 atom stereocenters. The van der Waals surface area contributed by atoms with Crippen molar-refractivity contribution >= 4 is 34.3 Å². The summed E-state index contributed by atoms with van der Waals surface area (Å²) in [5.74, 6) is 2.37. The molecule has 2 aromatic carbocycles. The first-order valence-corrected chi connectivity index (χ1v) is 11.1. The number of nitrogens with one attached hydrogen (secondary N) is 1. The summed E-state index contributed by atoms with van der Waals surface area (Å²) in [4.78, 5) is 17.6. The van der Waals surface area contributed by atoms with E-state index in [-0.39, 0.29) is 5.91 Å². The monoisotopic (exact) mass is 462 g/mol. The molecule has 5 rings (SSSR count). The highest BCUT2D eigenvalue weighted by Crippen LogP contribution is 2.34. The second kappa shape index (κ2) is 9.79. The first-order chi connectivity index (χ1) is 16.0. The third kappa shape index (κ3) is 5.18. The number of benzene rings is 2. The van der Waals surface area contributed by atoms with Gasteiger partial charge in [-0.25, -0.2) is 4.98 Å². The average Bonchev–Trinajstić information content (AvgIpc) is 3.41. The maximum atomic E-state index is 13.0. The minimum Gasteiger partial charge on any atom is -0.461 e. The van der Waals surface area contributed by atoms with Gasteiger partial charge in [0.2, 0.25) is 0 Å². The molecule has 0 unspecified atom stereocenters. The van der Waals surface area contributed by atoms with Crippen molar-refractivity contribution < 1.29 is 22.4 Å². The molecule has 8 heteroatoms. The number of furan rings is 1. The average molecular weight is 463 g/mol. The highest BCUT2D eigenvalue weighted by atomic mass is 32.1. The molecule has 0 fully saturated rings. The lowest BCUT2D eigenvalue weighted by Gasteiger charge is -2.10. The van der Waals surface area contributed by atoms with Crippen LogP contribution >= 0.6 is 0 Å². The Bertz CT molecular complexity index is 1360. The summed E-state index contributed by atoms with van der Waals surface area (Å²) in [6.07, 6.45) is 3.14. The van der Waals surface area contributed by atoms with Crippen LogP contribution in [0.5, 0.6) is 11.5 Å². The van der Waals surface area contributed by atoms with Gasteiger partial charge < -0.3 is 14.5 Å². The molecule has 0 radical (unpaired) electrons. The Kier molecular flexibility index (Phi) is 6.65. The molecule has 0 saturated carbocycles. The number of hydrogen-bond donors (Lipinski definition) is 1. The minimum absolute atomic E-state index is 0.245.